The van der Waals surface area contributed by atoms with Crippen LogP contribution in [0.1, 0.15) is 5.56 Å². The topological polar surface area (TPSA) is 93.0 Å². The van der Waals surface area contributed by atoms with E-state index in [1.165, 1.54) is 15.9 Å². The molecular formula is C19H10F7NO5S2. The molecule has 0 fully saturated rings. The molecule has 1 unspecified atom stereocenters. The molecule has 3 rings (SSSR count). The van der Waals surface area contributed by atoms with Gasteiger partial charge in [0, 0.05) is 0 Å². The maximum Gasteiger partial charge on any atom is 0.519 e. The maximum atomic E-state index is 14.4. The van der Waals surface area contributed by atoms with Crippen LogP contribution in [0.3, 0.4) is 0 Å². The summed E-state index contributed by atoms with van der Waals surface area (Å²) in [5, 5.41) is 1.10. The van der Waals surface area contributed by atoms with Crippen LogP contribution in [0.4, 0.5) is 30.7 Å². The molecule has 1 atom stereocenters. The van der Waals surface area contributed by atoms with Crippen LogP contribution >= 0.6 is 0 Å². The van der Waals surface area contributed by atoms with Crippen molar-refractivity contribution in [2.24, 2.45) is 3.77 Å². The molecule has 15 heteroatoms. The summed E-state index contributed by atoms with van der Waals surface area (Å²) in [4.78, 5) is -2.57. The third-order valence-corrected chi connectivity index (χ3v) is 7.30. The number of hydrogen-bond acceptors (Lipinski definition) is 4. The minimum atomic E-state index is -6.76. The van der Waals surface area contributed by atoms with Crippen LogP contribution in [0, 0.1) is 23.3 Å². The van der Waals surface area contributed by atoms with Gasteiger partial charge in [-0.3, -0.25) is 4.55 Å². The Bertz CT molecular complexity index is 1530. The first-order chi connectivity index (χ1) is 15.6. The summed E-state index contributed by atoms with van der Waals surface area (Å²) < 4.78 is 145. The minimum Gasteiger partial charge on any atom is -0.451 e. The zero-order valence-electron chi connectivity index (χ0n) is 16.2. The number of hydrogen-bond donors (Lipinski definition) is 1. The second-order valence-corrected chi connectivity index (χ2v) is 9.89. The lowest BCUT2D eigenvalue weighted by atomic mass is 10.1. The van der Waals surface area contributed by atoms with Crippen LogP contribution in [0.5, 0.6) is 11.5 Å². The molecular weight excluding hydrogens is 519 g/mol. The van der Waals surface area contributed by atoms with Gasteiger partial charge in [-0.25, -0.2) is 13.0 Å². The lowest BCUT2D eigenvalue weighted by Crippen LogP contribution is -2.23. The van der Waals surface area contributed by atoms with Gasteiger partial charge in [-0.2, -0.15) is 30.4 Å². The van der Waals surface area contributed by atoms with Gasteiger partial charge in [-0.1, -0.05) is 34.6 Å². The molecule has 34 heavy (non-hydrogen) atoms. The van der Waals surface area contributed by atoms with Crippen molar-refractivity contribution in [2.75, 3.05) is 0 Å². The van der Waals surface area contributed by atoms with Gasteiger partial charge >= 0.3 is 15.5 Å². The molecule has 0 saturated heterocycles. The summed E-state index contributed by atoms with van der Waals surface area (Å²) in [5.41, 5.74) is -5.49. The van der Waals surface area contributed by atoms with Crippen molar-refractivity contribution in [3.05, 3.63) is 71.8 Å². The lowest BCUT2D eigenvalue weighted by Gasteiger charge is -2.13. The molecule has 0 radical (unpaired) electrons. The van der Waals surface area contributed by atoms with Crippen molar-refractivity contribution in [2.45, 2.75) is 10.4 Å². The number of fused-ring (bicyclic) bond motifs is 1. The van der Waals surface area contributed by atoms with Crippen molar-refractivity contribution in [1.82, 2.24) is 0 Å². The Hall–Kier alpha value is -3.17. The normalized spacial score (nSPS) is 14.0. The fourth-order valence-corrected chi connectivity index (χ4v) is 5.02. The van der Waals surface area contributed by atoms with Gasteiger partial charge < -0.3 is 4.74 Å². The highest BCUT2D eigenvalue weighted by atomic mass is 32.3. The van der Waals surface area contributed by atoms with E-state index in [-0.39, 0.29) is 5.75 Å². The Balaban J connectivity index is 2.14. The number of nitrogens with zero attached hydrogens (tertiary/aromatic N) is 1. The number of sulfonamides is 1. The largest absolute Gasteiger partial charge is 0.519 e. The van der Waals surface area contributed by atoms with E-state index in [0.717, 1.165) is 11.6 Å². The number of halogens is 7. The SMILES string of the molecule is C=Cc1ccc2cc(Oc3c(F)c(F)c(S(=O)(O)=NS(=O)(=O)C(F)(F)F)c(F)c3F)ccc2c1. The third-order valence-electron chi connectivity index (χ3n) is 4.23. The lowest BCUT2D eigenvalue weighted by molar-refractivity contribution is -0.0435. The Morgan fingerprint density at radius 1 is 0.882 bits per heavy atom. The van der Waals surface area contributed by atoms with Crippen LogP contribution in [-0.2, 0) is 20.0 Å². The van der Waals surface area contributed by atoms with Crippen LogP contribution < -0.4 is 4.74 Å². The molecule has 0 amide bonds. The van der Waals surface area contributed by atoms with Crippen molar-refractivity contribution in [1.29, 1.82) is 0 Å². The number of rotatable bonds is 5. The standard InChI is InChI=1S/C19H10F7NO5S2/c1-2-9-3-4-11-8-12(6-5-10(11)7-9)32-17-13(20)15(22)18(16(23)14(17)21)33(28,29)27-34(30,31)19(24,25)26/h2-8H,1H2,(H,27,28,29). The second-order valence-electron chi connectivity index (χ2n) is 6.48. The quantitative estimate of drug-likeness (QED) is 0.324. The molecule has 1 N–H and O–H groups in total. The molecule has 0 aliphatic carbocycles. The molecule has 182 valence electrons. The second kappa shape index (κ2) is 8.56. The Morgan fingerprint density at radius 3 is 1.94 bits per heavy atom. The van der Waals surface area contributed by atoms with E-state index in [1.54, 1.807) is 24.3 Å². The van der Waals surface area contributed by atoms with E-state index in [2.05, 4.69) is 6.58 Å². The predicted octanol–water partition coefficient (Wildman–Crippen LogP) is 5.98. The van der Waals surface area contributed by atoms with E-state index >= 15 is 0 Å². The molecule has 3 aromatic carbocycles. The van der Waals surface area contributed by atoms with E-state index in [9.17, 15) is 47.9 Å². The van der Waals surface area contributed by atoms with Crippen molar-refractivity contribution < 1.29 is 52.6 Å². The first-order valence-electron chi connectivity index (χ1n) is 8.61. The van der Waals surface area contributed by atoms with Gasteiger partial charge in [-0.15, -0.1) is 0 Å². The zero-order chi connectivity index (χ0) is 25.6. The maximum absolute atomic E-state index is 14.4. The molecule has 0 spiro atoms. The summed E-state index contributed by atoms with van der Waals surface area (Å²) in [6.45, 7) is 3.59. The molecule has 3 aromatic rings. The average Bonchev–Trinajstić information content (AvgIpc) is 2.73. The van der Waals surface area contributed by atoms with Gasteiger partial charge in [-0.05, 0) is 34.5 Å². The zero-order valence-corrected chi connectivity index (χ0v) is 17.9. The summed E-state index contributed by atoms with van der Waals surface area (Å²) in [7, 11) is -12.9. The molecule has 0 heterocycles. The number of ether oxygens (including phenoxy) is 1. The Morgan fingerprint density at radius 2 is 1.41 bits per heavy atom. The Labute approximate surface area is 187 Å². The predicted molar refractivity (Wildman–Crippen MR) is 107 cm³/mol. The summed E-state index contributed by atoms with van der Waals surface area (Å²) in [5.74, 6) is -12.3. The van der Waals surface area contributed by atoms with Crippen molar-refractivity contribution in [3.8, 4) is 11.5 Å². The monoisotopic (exact) mass is 529 g/mol. The summed E-state index contributed by atoms with van der Waals surface area (Å²) in [6, 6.07) is 8.71. The summed E-state index contributed by atoms with van der Waals surface area (Å²) in [6.07, 6.45) is 1.55. The first-order valence-corrected chi connectivity index (χ1v) is 11.5. The fourth-order valence-electron chi connectivity index (χ4n) is 2.68. The highest BCUT2D eigenvalue weighted by Gasteiger charge is 2.48. The number of alkyl halides is 3. The Kier molecular flexibility index (Phi) is 6.41. The van der Waals surface area contributed by atoms with Crippen LogP contribution in [0.2, 0.25) is 0 Å². The van der Waals surface area contributed by atoms with E-state index in [0.29, 0.717) is 10.8 Å². The smallest absolute Gasteiger partial charge is 0.451 e. The molecule has 0 aliphatic rings. The van der Waals surface area contributed by atoms with Gasteiger partial charge in [0.25, 0.3) is 0 Å². The fraction of sp³-hybridized carbons (Fsp3) is 0.0526. The molecule has 0 aliphatic heterocycles. The van der Waals surface area contributed by atoms with Crippen LogP contribution in [0.15, 0.2) is 51.6 Å². The highest BCUT2D eigenvalue weighted by molar-refractivity contribution is 8.01. The van der Waals surface area contributed by atoms with Crippen LogP contribution in [0.25, 0.3) is 16.8 Å². The van der Waals surface area contributed by atoms with Crippen molar-refractivity contribution in [3.63, 3.8) is 0 Å². The molecule has 6 nitrogen and oxygen atoms in total. The summed E-state index contributed by atoms with van der Waals surface area (Å²) >= 11 is 0. The van der Waals surface area contributed by atoms with Gasteiger partial charge in [0.1, 0.15) is 5.75 Å². The molecule has 0 bridgehead atoms. The van der Waals surface area contributed by atoms with E-state index in [1.807, 2.05) is 0 Å². The molecule has 0 aromatic heterocycles. The van der Waals surface area contributed by atoms with Gasteiger partial charge in [0.15, 0.2) is 16.5 Å². The highest BCUT2D eigenvalue weighted by Crippen LogP contribution is 2.37. The van der Waals surface area contributed by atoms with E-state index in [4.69, 9.17) is 4.74 Å². The van der Waals surface area contributed by atoms with Gasteiger partial charge in [0.05, 0.1) is 0 Å². The third kappa shape index (κ3) is 4.58. The van der Waals surface area contributed by atoms with Gasteiger partial charge in [0.2, 0.25) is 27.4 Å². The minimum absolute atomic E-state index is 0.336. The first kappa shape index (κ1) is 25.5. The van der Waals surface area contributed by atoms with E-state index < -0.39 is 59.5 Å². The van der Waals surface area contributed by atoms with Crippen LogP contribution in [-0.4, -0.2) is 22.7 Å². The number of benzene rings is 3. The molecule has 0 saturated carbocycles. The van der Waals surface area contributed by atoms with Crippen molar-refractivity contribution >= 4 is 36.9 Å². The average molecular weight is 529 g/mol.